The number of anilines is 1. The summed E-state index contributed by atoms with van der Waals surface area (Å²) in [4.78, 5) is 17.2. The van der Waals surface area contributed by atoms with Gasteiger partial charge in [0.2, 0.25) is 0 Å². The maximum atomic E-state index is 12.6. The van der Waals surface area contributed by atoms with E-state index in [1.165, 1.54) is 18.5 Å². The Labute approximate surface area is 153 Å². The Kier molecular flexibility index (Phi) is 4.33. The summed E-state index contributed by atoms with van der Waals surface area (Å²) in [6.07, 6.45) is 5.55. The Balaban J connectivity index is 1.54. The topological polar surface area (TPSA) is 46.9 Å². The standard InChI is InChI=1S/C22H23N3O/c1-15-6-7-16(2)20(13-15)22(26)24-18-10-8-17(9-11-18)21-23-14-19-5-3-4-12-25(19)21/h6-11,13-14H,3-5,12H2,1-2H3,(H,24,26). The van der Waals surface area contributed by atoms with E-state index in [1.807, 2.05) is 62.5 Å². The van der Waals surface area contributed by atoms with Crippen molar-refractivity contribution in [2.45, 2.75) is 39.7 Å². The summed E-state index contributed by atoms with van der Waals surface area (Å²) in [6.45, 7) is 4.99. The number of carbonyl (C=O) groups is 1. The van der Waals surface area contributed by atoms with Crippen LogP contribution in [0.1, 0.15) is 40.0 Å². The van der Waals surface area contributed by atoms with Crippen LogP contribution in [0.25, 0.3) is 11.4 Å². The molecule has 1 aliphatic heterocycles. The molecule has 0 atom stereocenters. The second kappa shape index (κ2) is 6.79. The molecule has 2 aromatic carbocycles. The molecule has 4 heteroatoms. The number of nitrogens with one attached hydrogen (secondary N) is 1. The van der Waals surface area contributed by atoms with E-state index >= 15 is 0 Å². The molecule has 4 nitrogen and oxygen atoms in total. The number of imidazole rings is 1. The van der Waals surface area contributed by atoms with Gasteiger partial charge in [-0.1, -0.05) is 17.7 Å². The maximum absolute atomic E-state index is 12.6. The van der Waals surface area contributed by atoms with Gasteiger partial charge in [-0.05, 0) is 69.0 Å². The van der Waals surface area contributed by atoms with Gasteiger partial charge in [-0.15, -0.1) is 0 Å². The molecule has 1 N–H and O–H groups in total. The average Bonchev–Trinajstić information content (AvgIpc) is 3.08. The van der Waals surface area contributed by atoms with E-state index in [9.17, 15) is 4.79 Å². The molecular weight excluding hydrogens is 322 g/mol. The highest BCUT2D eigenvalue weighted by molar-refractivity contribution is 6.05. The van der Waals surface area contributed by atoms with Crippen LogP contribution in [0.5, 0.6) is 0 Å². The van der Waals surface area contributed by atoms with Gasteiger partial charge in [-0.3, -0.25) is 4.79 Å². The summed E-state index contributed by atoms with van der Waals surface area (Å²) < 4.78 is 2.31. The van der Waals surface area contributed by atoms with Crippen LogP contribution in [-0.4, -0.2) is 15.5 Å². The highest BCUT2D eigenvalue weighted by atomic mass is 16.1. The predicted molar refractivity (Wildman–Crippen MR) is 104 cm³/mol. The Bertz CT molecular complexity index is 954. The first-order chi connectivity index (χ1) is 12.6. The van der Waals surface area contributed by atoms with Crippen molar-refractivity contribution in [3.63, 3.8) is 0 Å². The fourth-order valence-corrected chi connectivity index (χ4v) is 3.55. The van der Waals surface area contributed by atoms with Crippen LogP contribution in [0.2, 0.25) is 0 Å². The summed E-state index contributed by atoms with van der Waals surface area (Å²) in [5, 5.41) is 2.99. The molecule has 132 valence electrons. The number of carbonyl (C=O) groups excluding carboxylic acids is 1. The van der Waals surface area contributed by atoms with Crippen LogP contribution in [0.4, 0.5) is 5.69 Å². The molecule has 0 fully saturated rings. The average molecular weight is 345 g/mol. The lowest BCUT2D eigenvalue weighted by Gasteiger charge is -2.16. The van der Waals surface area contributed by atoms with Gasteiger partial charge in [0.15, 0.2) is 0 Å². The third-order valence-electron chi connectivity index (χ3n) is 5.04. The van der Waals surface area contributed by atoms with Crippen molar-refractivity contribution in [2.75, 3.05) is 5.32 Å². The minimum Gasteiger partial charge on any atom is -0.328 e. The van der Waals surface area contributed by atoms with Gasteiger partial charge < -0.3 is 9.88 Å². The lowest BCUT2D eigenvalue weighted by molar-refractivity contribution is 0.102. The van der Waals surface area contributed by atoms with Crippen LogP contribution in [0.15, 0.2) is 48.7 Å². The zero-order valence-electron chi connectivity index (χ0n) is 15.2. The molecule has 0 saturated heterocycles. The van der Waals surface area contributed by atoms with Crippen molar-refractivity contribution in [3.8, 4) is 11.4 Å². The van der Waals surface area contributed by atoms with Crippen LogP contribution >= 0.6 is 0 Å². The first-order valence-electron chi connectivity index (χ1n) is 9.15. The fraction of sp³-hybridized carbons (Fsp3) is 0.273. The normalized spacial score (nSPS) is 13.3. The van der Waals surface area contributed by atoms with Gasteiger partial charge >= 0.3 is 0 Å². The highest BCUT2D eigenvalue weighted by Crippen LogP contribution is 2.26. The molecule has 3 aromatic rings. The van der Waals surface area contributed by atoms with Crippen LogP contribution in [0, 0.1) is 13.8 Å². The van der Waals surface area contributed by atoms with Gasteiger partial charge in [-0.25, -0.2) is 4.98 Å². The van der Waals surface area contributed by atoms with Gasteiger partial charge in [-0.2, -0.15) is 0 Å². The van der Waals surface area contributed by atoms with Gasteiger partial charge in [0.1, 0.15) is 5.82 Å². The molecule has 0 radical (unpaired) electrons. The Morgan fingerprint density at radius 1 is 1.08 bits per heavy atom. The van der Waals surface area contributed by atoms with Crippen molar-refractivity contribution in [2.24, 2.45) is 0 Å². The smallest absolute Gasteiger partial charge is 0.255 e. The number of rotatable bonds is 3. The van der Waals surface area contributed by atoms with E-state index < -0.39 is 0 Å². The van der Waals surface area contributed by atoms with Gasteiger partial charge in [0, 0.05) is 35.2 Å². The number of aromatic nitrogens is 2. The second-order valence-corrected chi connectivity index (χ2v) is 7.03. The number of aryl methyl sites for hydroxylation is 3. The van der Waals surface area contributed by atoms with Crippen molar-refractivity contribution >= 4 is 11.6 Å². The fourth-order valence-electron chi connectivity index (χ4n) is 3.55. The molecule has 0 aliphatic carbocycles. The van der Waals surface area contributed by atoms with E-state index in [-0.39, 0.29) is 5.91 Å². The lowest BCUT2D eigenvalue weighted by atomic mass is 10.0. The number of benzene rings is 2. The van der Waals surface area contributed by atoms with Crippen molar-refractivity contribution in [1.82, 2.24) is 9.55 Å². The van der Waals surface area contributed by atoms with Crippen LogP contribution in [-0.2, 0) is 13.0 Å². The molecule has 26 heavy (non-hydrogen) atoms. The monoisotopic (exact) mass is 345 g/mol. The Hall–Kier alpha value is -2.88. The summed E-state index contributed by atoms with van der Waals surface area (Å²) in [5.74, 6) is 0.948. The molecule has 1 aliphatic rings. The highest BCUT2D eigenvalue weighted by Gasteiger charge is 2.15. The predicted octanol–water partition coefficient (Wildman–Crippen LogP) is 4.76. The molecule has 0 spiro atoms. The molecule has 4 rings (SSSR count). The molecule has 1 amide bonds. The summed E-state index contributed by atoms with van der Waals surface area (Å²) in [7, 11) is 0. The quantitative estimate of drug-likeness (QED) is 0.744. The van der Waals surface area contributed by atoms with Gasteiger partial charge in [0.25, 0.3) is 5.91 Å². The van der Waals surface area contributed by atoms with Crippen LogP contribution < -0.4 is 5.32 Å². The number of amides is 1. The van der Waals surface area contributed by atoms with Crippen molar-refractivity contribution < 1.29 is 4.79 Å². The molecule has 1 aromatic heterocycles. The Morgan fingerprint density at radius 3 is 2.69 bits per heavy atom. The number of hydrogen-bond acceptors (Lipinski definition) is 2. The van der Waals surface area contributed by atoms with E-state index in [0.29, 0.717) is 0 Å². The third kappa shape index (κ3) is 3.15. The van der Waals surface area contributed by atoms with Crippen molar-refractivity contribution in [1.29, 1.82) is 0 Å². The SMILES string of the molecule is Cc1ccc(C)c(C(=O)Nc2ccc(-c3ncc4n3CCCC4)cc2)c1. The zero-order valence-corrected chi connectivity index (χ0v) is 15.2. The molecule has 0 bridgehead atoms. The minimum atomic E-state index is -0.0721. The zero-order chi connectivity index (χ0) is 18.1. The first kappa shape index (κ1) is 16.6. The van der Waals surface area contributed by atoms with E-state index in [2.05, 4.69) is 14.9 Å². The third-order valence-corrected chi connectivity index (χ3v) is 5.04. The summed E-state index contributed by atoms with van der Waals surface area (Å²) >= 11 is 0. The van der Waals surface area contributed by atoms with Crippen molar-refractivity contribution in [3.05, 3.63) is 71.0 Å². The number of hydrogen-bond donors (Lipinski definition) is 1. The molecular formula is C22H23N3O. The second-order valence-electron chi connectivity index (χ2n) is 7.03. The van der Waals surface area contributed by atoms with Crippen LogP contribution in [0.3, 0.4) is 0 Å². The minimum absolute atomic E-state index is 0.0721. The number of nitrogens with zero attached hydrogens (tertiary/aromatic N) is 2. The Morgan fingerprint density at radius 2 is 1.88 bits per heavy atom. The molecule has 0 unspecified atom stereocenters. The largest absolute Gasteiger partial charge is 0.328 e. The first-order valence-corrected chi connectivity index (χ1v) is 9.15. The van der Waals surface area contributed by atoms with E-state index in [1.54, 1.807) is 0 Å². The molecule has 2 heterocycles. The van der Waals surface area contributed by atoms with Gasteiger partial charge in [0.05, 0.1) is 0 Å². The summed E-state index contributed by atoms with van der Waals surface area (Å²) in [6, 6.07) is 13.9. The van der Waals surface area contributed by atoms with E-state index in [0.717, 1.165) is 46.7 Å². The maximum Gasteiger partial charge on any atom is 0.255 e. The van der Waals surface area contributed by atoms with E-state index in [4.69, 9.17) is 0 Å². The number of fused-ring (bicyclic) bond motifs is 1. The lowest BCUT2D eigenvalue weighted by Crippen LogP contribution is -2.13. The molecule has 0 saturated carbocycles. The summed E-state index contributed by atoms with van der Waals surface area (Å²) in [5.41, 5.74) is 5.98.